The molecular formula is C10H10Br2O. The van der Waals surface area contributed by atoms with E-state index in [0.717, 1.165) is 22.5 Å². The van der Waals surface area contributed by atoms with Crippen LogP contribution in [0.4, 0.5) is 0 Å². The molecule has 0 spiro atoms. The number of hydrogen-bond acceptors (Lipinski definition) is 1. The van der Waals surface area contributed by atoms with Crippen molar-refractivity contribution in [1.82, 2.24) is 0 Å². The molecule has 0 amide bonds. The molecule has 0 saturated carbocycles. The van der Waals surface area contributed by atoms with Gasteiger partial charge in [0.1, 0.15) is 6.29 Å². The molecule has 0 radical (unpaired) electrons. The van der Waals surface area contributed by atoms with E-state index in [1.54, 1.807) is 0 Å². The van der Waals surface area contributed by atoms with Gasteiger partial charge in [0, 0.05) is 16.2 Å². The van der Waals surface area contributed by atoms with Crippen LogP contribution in [-0.4, -0.2) is 6.29 Å². The van der Waals surface area contributed by atoms with Gasteiger partial charge in [-0.2, -0.15) is 0 Å². The van der Waals surface area contributed by atoms with E-state index in [4.69, 9.17) is 0 Å². The number of carbonyl (C=O) groups excluding carboxylic acids is 1. The van der Waals surface area contributed by atoms with Gasteiger partial charge < -0.3 is 4.79 Å². The Balaban J connectivity index is 2.79. The zero-order valence-corrected chi connectivity index (χ0v) is 10.3. The van der Waals surface area contributed by atoms with Crippen molar-refractivity contribution < 1.29 is 4.79 Å². The first-order valence-corrected chi connectivity index (χ1v) is 5.96. The summed E-state index contributed by atoms with van der Waals surface area (Å²) in [6, 6.07) is 6.18. The molecule has 0 aliphatic rings. The van der Waals surface area contributed by atoms with Gasteiger partial charge in [0.2, 0.25) is 0 Å². The summed E-state index contributed by atoms with van der Waals surface area (Å²) in [5.74, 6) is 0. The summed E-state index contributed by atoms with van der Waals surface area (Å²) in [5, 5.41) is 0.836. The lowest BCUT2D eigenvalue weighted by Gasteiger charge is -2.03. The Kier molecular flexibility index (Phi) is 4.67. The van der Waals surface area contributed by atoms with Gasteiger partial charge in [-0.25, -0.2) is 0 Å². The van der Waals surface area contributed by atoms with Gasteiger partial charge in [0.05, 0.1) is 0 Å². The van der Waals surface area contributed by atoms with E-state index in [0.29, 0.717) is 6.42 Å². The molecule has 0 unspecified atom stereocenters. The molecule has 0 atom stereocenters. The van der Waals surface area contributed by atoms with E-state index < -0.39 is 0 Å². The summed E-state index contributed by atoms with van der Waals surface area (Å²) >= 11 is 6.87. The number of aryl methyl sites for hydroxylation is 1. The Morgan fingerprint density at radius 2 is 2.15 bits per heavy atom. The van der Waals surface area contributed by atoms with Gasteiger partial charge in [-0.3, -0.25) is 0 Å². The van der Waals surface area contributed by atoms with Crippen LogP contribution in [-0.2, 0) is 16.5 Å². The standard InChI is InChI=1S/C10H10Br2O/c11-7-9-6-8(2-1-5-13)3-4-10(9)12/h3-6H,1-2,7H2. The summed E-state index contributed by atoms with van der Waals surface area (Å²) in [4.78, 5) is 10.2. The number of rotatable bonds is 4. The smallest absolute Gasteiger partial charge is 0.120 e. The lowest BCUT2D eigenvalue weighted by molar-refractivity contribution is -0.107. The van der Waals surface area contributed by atoms with Crippen molar-refractivity contribution >= 4 is 38.1 Å². The average Bonchev–Trinajstić information content (AvgIpc) is 2.16. The van der Waals surface area contributed by atoms with Crippen LogP contribution in [0.15, 0.2) is 22.7 Å². The van der Waals surface area contributed by atoms with E-state index in [9.17, 15) is 4.79 Å². The van der Waals surface area contributed by atoms with Gasteiger partial charge in [-0.15, -0.1) is 0 Å². The first-order valence-electron chi connectivity index (χ1n) is 4.05. The summed E-state index contributed by atoms with van der Waals surface area (Å²) in [6.07, 6.45) is 2.38. The highest BCUT2D eigenvalue weighted by atomic mass is 79.9. The van der Waals surface area contributed by atoms with Crippen molar-refractivity contribution in [1.29, 1.82) is 0 Å². The Bertz CT molecular complexity index is 297. The van der Waals surface area contributed by atoms with Crippen molar-refractivity contribution in [2.75, 3.05) is 0 Å². The topological polar surface area (TPSA) is 17.1 Å². The zero-order valence-electron chi connectivity index (χ0n) is 7.09. The van der Waals surface area contributed by atoms with Crippen molar-refractivity contribution in [2.24, 2.45) is 0 Å². The molecule has 0 aromatic heterocycles. The summed E-state index contributed by atoms with van der Waals surface area (Å²) < 4.78 is 1.11. The molecule has 1 nitrogen and oxygen atoms in total. The first kappa shape index (κ1) is 10.9. The van der Waals surface area contributed by atoms with E-state index in [-0.39, 0.29) is 0 Å². The highest BCUT2D eigenvalue weighted by molar-refractivity contribution is 9.10. The molecule has 0 aliphatic heterocycles. The van der Waals surface area contributed by atoms with Crippen LogP contribution in [0, 0.1) is 0 Å². The third kappa shape index (κ3) is 3.24. The van der Waals surface area contributed by atoms with Crippen LogP contribution in [0.3, 0.4) is 0 Å². The predicted molar refractivity (Wildman–Crippen MR) is 61.2 cm³/mol. The van der Waals surface area contributed by atoms with Gasteiger partial charge in [-0.05, 0) is 23.6 Å². The van der Waals surface area contributed by atoms with Crippen LogP contribution in [0.5, 0.6) is 0 Å². The lowest BCUT2D eigenvalue weighted by atomic mass is 10.1. The largest absolute Gasteiger partial charge is 0.303 e. The summed E-state index contributed by atoms with van der Waals surface area (Å²) in [5.41, 5.74) is 2.44. The molecule has 1 rings (SSSR count). The van der Waals surface area contributed by atoms with Crippen LogP contribution in [0.25, 0.3) is 0 Å². The minimum absolute atomic E-state index is 0.601. The van der Waals surface area contributed by atoms with Gasteiger partial charge >= 0.3 is 0 Å². The number of aldehydes is 1. The molecule has 13 heavy (non-hydrogen) atoms. The van der Waals surface area contributed by atoms with Crippen LogP contribution in [0.2, 0.25) is 0 Å². The van der Waals surface area contributed by atoms with E-state index in [2.05, 4.69) is 37.9 Å². The summed E-state index contributed by atoms with van der Waals surface area (Å²) in [6.45, 7) is 0. The molecule has 3 heteroatoms. The third-order valence-electron chi connectivity index (χ3n) is 1.80. The van der Waals surface area contributed by atoms with Crippen molar-refractivity contribution in [2.45, 2.75) is 18.2 Å². The molecule has 1 aromatic carbocycles. The Hall–Kier alpha value is -0.150. The van der Waals surface area contributed by atoms with Gasteiger partial charge in [0.25, 0.3) is 0 Å². The maximum atomic E-state index is 10.2. The number of alkyl halides is 1. The second-order valence-electron chi connectivity index (χ2n) is 2.76. The lowest BCUT2D eigenvalue weighted by Crippen LogP contribution is -1.89. The molecule has 1 aromatic rings. The van der Waals surface area contributed by atoms with Crippen molar-refractivity contribution in [3.8, 4) is 0 Å². The molecule has 0 heterocycles. The van der Waals surface area contributed by atoms with Crippen LogP contribution in [0.1, 0.15) is 17.5 Å². The number of halogens is 2. The monoisotopic (exact) mass is 304 g/mol. The van der Waals surface area contributed by atoms with Crippen molar-refractivity contribution in [3.63, 3.8) is 0 Å². The maximum absolute atomic E-state index is 10.2. The first-order chi connectivity index (χ1) is 6.27. The molecule has 70 valence electrons. The Morgan fingerprint density at radius 3 is 2.77 bits per heavy atom. The Labute approximate surface area is 94.8 Å². The normalized spacial score (nSPS) is 10.0. The molecule has 0 N–H and O–H groups in total. The number of hydrogen-bond donors (Lipinski definition) is 0. The molecule has 0 bridgehead atoms. The van der Waals surface area contributed by atoms with Gasteiger partial charge in [0.15, 0.2) is 0 Å². The van der Waals surface area contributed by atoms with Crippen molar-refractivity contribution in [3.05, 3.63) is 33.8 Å². The molecule has 0 fully saturated rings. The highest BCUT2D eigenvalue weighted by Gasteiger charge is 1.99. The van der Waals surface area contributed by atoms with E-state index in [1.807, 2.05) is 12.1 Å². The third-order valence-corrected chi connectivity index (χ3v) is 3.18. The fraction of sp³-hybridized carbons (Fsp3) is 0.300. The van der Waals surface area contributed by atoms with Crippen LogP contribution < -0.4 is 0 Å². The van der Waals surface area contributed by atoms with Gasteiger partial charge in [-0.1, -0.05) is 44.0 Å². The molecule has 0 saturated heterocycles. The second-order valence-corrected chi connectivity index (χ2v) is 4.18. The van der Waals surface area contributed by atoms with E-state index >= 15 is 0 Å². The SMILES string of the molecule is O=CCCc1ccc(Br)c(CBr)c1. The number of benzene rings is 1. The predicted octanol–water partition coefficient (Wildman–Crippen LogP) is 3.48. The zero-order chi connectivity index (χ0) is 9.68. The fourth-order valence-corrected chi connectivity index (χ4v) is 2.34. The molecule has 0 aliphatic carbocycles. The average molecular weight is 306 g/mol. The second kappa shape index (κ2) is 5.55. The number of carbonyl (C=O) groups is 1. The molecular weight excluding hydrogens is 296 g/mol. The van der Waals surface area contributed by atoms with E-state index in [1.165, 1.54) is 11.1 Å². The quantitative estimate of drug-likeness (QED) is 0.615. The van der Waals surface area contributed by atoms with Crippen LogP contribution >= 0.6 is 31.9 Å². The highest BCUT2D eigenvalue weighted by Crippen LogP contribution is 2.21. The minimum atomic E-state index is 0.601. The fourth-order valence-electron chi connectivity index (χ4n) is 1.11. The Morgan fingerprint density at radius 1 is 1.38 bits per heavy atom. The summed E-state index contributed by atoms with van der Waals surface area (Å²) in [7, 11) is 0. The minimum Gasteiger partial charge on any atom is -0.303 e. The maximum Gasteiger partial charge on any atom is 0.120 e.